The minimum absolute atomic E-state index is 0.0220. The molecule has 2 aliphatic carbocycles. The molecule has 2 aliphatic rings. The fourth-order valence-electron chi connectivity index (χ4n) is 10.2. The molecule has 0 unspecified atom stereocenters. The molecule has 2 saturated carbocycles. The summed E-state index contributed by atoms with van der Waals surface area (Å²) < 4.78 is 172. The molecule has 17 nitrogen and oxygen atoms in total. The first kappa shape index (κ1) is 72.9. The number of hydrogen-bond donors (Lipinski definition) is 0. The number of hydrogen-bond acceptors (Lipinski definition) is 18. The molecule has 508 valence electrons. The van der Waals surface area contributed by atoms with Crippen LogP contribution in [0.4, 0.5) is 44.6 Å². The number of alkyl halides is 9. The highest BCUT2D eigenvalue weighted by atomic mass is 32.1. The summed E-state index contributed by atoms with van der Waals surface area (Å²) in [5, 5.41) is 4.47. The van der Waals surface area contributed by atoms with Crippen LogP contribution in [0.1, 0.15) is 115 Å². The van der Waals surface area contributed by atoms with E-state index in [-0.39, 0.29) is 64.9 Å². The lowest BCUT2D eigenvalue weighted by Gasteiger charge is -2.34. The molecule has 0 N–H and O–H groups in total. The average Bonchev–Trinajstić information content (AvgIpc) is 0.842. The SMILES string of the molecule is C=CC(=O)OCCCCCCOc1ccc(OC(=O)C2CCC(C(=O)COc3ccc(OC(=O)C4CCC(C(=O)Oc5ccc(OCCCCCCOC(=O)C=C)cc5)CC4)c(/C=N/N(CCC(F)(F)C(F)(F)C(F)(F)C(F)(F)F)c4nc5ccccc5s4)c3)CC2)cc1. The van der Waals surface area contributed by atoms with Crippen LogP contribution in [0.25, 0.3) is 10.2 Å². The van der Waals surface area contributed by atoms with Gasteiger partial charge in [0.05, 0.1) is 67.2 Å². The molecule has 0 radical (unpaired) electrons. The topological polar surface area (TPSA) is 205 Å². The lowest BCUT2D eigenvalue weighted by atomic mass is 9.80. The number of para-hydroxylation sites is 1. The summed E-state index contributed by atoms with van der Waals surface area (Å²) in [6.45, 7) is 6.35. The van der Waals surface area contributed by atoms with Crippen LogP contribution in [0, 0.1) is 23.7 Å². The van der Waals surface area contributed by atoms with E-state index in [4.69, 9.17) is 37.9 Å². The minimum Gasteiger partial charge on any atom is -0.494 e. The van der Waals surface area contributed by atoms with Gasteiger partial charge in [-0.05, 0) is 182 Å². The molecule has 0 aliphatic heterocycles. The number of ether oxygens (including phenoxy) is 8. The number of rotatable bonds is 36. The normalized spacial score (nSPS) is 16.9. The van der Waals surface area contributed by atoms with Crippen molar-refractivity contribution in [2.75, 3.05) is 44.6 Å². The summed E-state index contributed by atoms with van der Waals surface area (Å²) in [6, 6.07) is 23.1. The molecular weight excluding hydrogens is 1270 g/mol. The number of fused-ring (bicyclic) bond motifs is 1. The molecule has 27 heteroatoms. The maximum atomic E-state index is 15.1. The number of ketones is 1. The fraction of sp³-hybridized carbons (Fsp3) is 0.463. The molecule has 1 aromatic heterocycles. The van der Waals surface area contributed by atoms with Gasteiger partial charge in [0, 0.05) is 30.1 Å². The van der Waals surface area contributed by atoms with Gasteiger partial charge in [0.25, 0.3) is 0 Å². The molecule has 0 saturated heterocycles. The molecule has 94 heavy (non-hydrogen) atoms. The van der Waals surface area contributed by atoms with Gasteiger partial charge in [-0.15, -0.1) is 0 Å². The second-order valence-corrected chi connectivity index (χ2v) is 23.5. The smallest absolute Gasteiger partial charge is 0.460 e. The Hall–Kier alpha value is -8.49. The highest BCUT2D eigenvalue weighted by Gasteiger charge is 2.81. The fourth-order valence-corrected chi connectivity index (χ4v) is 11.1. The molecule has 2 fully saturated rings. The number of carbonyl (C=O) groups is 6. The zero-order valence-corrected chi connectivity index (χ0v) is 52.1. The first-order valence-electron chi connectivity index (χ1n) is 30.7. The Bertz CT molecular complexity index is 3350. The van der Waals surface area contributed by atoms with E-state index in [0.717, 1.165) is 74.6 Å². The van der Waals surface area contributed by atoms with Crippen LogP contribution in [0.3, 0.4) is 0 Å². The van der Waals surface area contributed by atoms with Crippen molar-refractivity contribution >= 4 is 68.5 Å². The van der Waals surface area contributed by atoms with E-state index in [1.807, 2.05) is 0 Å². The Morgan fingerprint density at radius 3 is 1.46 bits per heavy atom. The van der Waals surface area contributed by atoms with Gasteiger partial charge < -0.3 is 37.9 Å². The number of halogens is 9. The van der Waals surface area contributed by atoms with E-state index >= 15 is 8.78 Å². The third-order valence-electron chi connectivity index (χ3n) is 15.7. The van der Waals surface area contributed by atoms with E-state index < -0.39 is 97.0 Å². The van der Waals surface area contributed by atoms with Crippen molar-refractivity contribution in [2.24, 2.45) is 28.8 Å². The summed E-state index contributed by atoms with van der Waals surface area (Å²) in [5.41, 5.74) is 0.114. The Labute approximate surface area is 540 Å². The summed E-state index contributed by atoms with van der Waals surface area (Å²) in [5.74, 6) is -23.9. The number of aromatic nitrogens is 1. The van der Waals surface area contributed by atoms with Gasteiger partial charge >= 0.3 is 53.8 Å². The molecule has 5 aromatic rings. The maximum Gasteiger partial charge on any atom is 0.460 e. The second kappa shape index (κ2) is 34.6. The average molecular weight is 1350 g/mol. The summed E-state index contributed by atoms with van der Waals surface area (Å²) in [6.07, 6.45) is 2.28. The number of esters is 5. The third-order valence-corrected chi connectivity index (χ3v) is 16.7. The van der Waals surface area contributed by atoms with Gasteiger partial charge in [0.15, 0.2) is 5.78 Å². The number of anilines is 1. The van der Waals surface area contributed by atoms with Gasteiger partial charge in [-0.3, -0.25) is 19.2 Å². The zero-order valence-electron chi connectivity index (χ0n) is 51.2. The summed E-state index contributed by atoms with van der Waals surface area (Å²) in [4.78, 5) is 80.6. The van der Waals surface area contributed by atoms with Crippen molar-refractivity contribution in [2.45, 2.75) is 133 Å². The standard InChI is InChI=1S/C67H72F9N3O14S/c1-3-58(81)88-39-13-7-5-11-37-86-49-25-29-51(30-26-49)91-60(83)45-19-17-44(18-20-45)55(80)43-90-53-33-34-56(48(41-53)42-77-79(63-78-54-15-9-10-16-57(54)94-63)36-35-64(68,69)65(70,71)66(72,73)67(74,75)76)93-62(85)47-23-21-46(22-24-47)61(84)92-52-31-27-50(28-32-52)87-38-12-6-8-14-40-89-59(82)4-2/h3-4,9-10,15-16,25-34,41-42,44-47H,1-2,5-8,11-14,17-24,35-40,43H2/b77-42+. The number of benzene rings is 4. The van der Waals surface area contributed by atoms with Crippen molar-refractivity contribution in [3.63, 3.8) is 0 Å². The van der Waals surface area contributed by atoms with Crippen molar-refractivity contribution < 1.29 is 106 Å². The third kappa shape index (κ3) is 21.0. The van der Waals surface area contributed by atoms with E-state index in [2.05, 4.69) is 23.2 Å². The summed E-state index contributed by atoms with van der Waals surface area (Å²) >= 11 is 0.791. The molecular formula is C67H72F9N3O14S. The van der Waals surface area contributed by atoms with E-state index in [9.17, 15) is 59.5 Å². The number of nitrogens with zero attached hydrogens (tertiary/aromatic N) is 3. The molecule has 0 atom stereocenters. The van der Waals surface area contributed by atoms with Crippen LogP contribution in [0.2, 0.25) is 0 Å². The number of Topliss-reactive ketones (excluding diaryl/α,β-unsaturated/α-hetero) is 1. The van der Waals surface area contributed by atoms with Crippen LogP contribution < -0.4 is 33.4 Å². The van der Waals surface area contributed by atoms with Crippen molar-refractivity contribution in [3.8, 4) is 34.5 Å². The zero-order chi connectivity index (χ0) is 67.9. The number of hydrazone groups is 1. The van der Waals surface area contributed by atoms with Crippen LogP contribution >= 0.6 is 11.3 Å². The molecule has 0 amide bonds. The van der Waals surface area contributed by atoms with E-state index in [1.165, 1.54) is 24.3 Å². The molecule has 0 spiro atoms. The molecule has 4 aromatic carbocycles. The Morgan fingerprint density at radius 2 is 0.979 bits per heavy atom. The van der Waals surface area contributed by atoms with Crippen LogP contribution in [-0.4, -0.2) is 110 Å². The Morgan fingerprint density at radius 1 is 0.532 bits per heavy atom. The lowest BCUT2D eigenvalue weighted by molar-refractivity contribution is -0.396. The number of unbranched alkanes of at least 4 members (excludes halogenated alkanes) is 6. The predicted molar refractivity (Wildman–Crippen MR) is 328 cm³/mol. The van der Waals surface area contributed by atoms with Gasteiger partial charge in [-0.25, -0.2) is 19.6 Å². The van der Waals surface area contributed by atoms with Gasteiger partial charge in [0.2, 0.25) is 5.13 Å². The Balaban J connectivity index is 0.970. The number of carbonyl (C=O) groups excluding carboxylic acids is 6. The van der Waals surface area contributed by atoms with E-state index in [0.29, 0.717) is 85.5 Å². The highest BCUT2D eigenvalue weighted by molar-refractivity contribution is 7.22. The van der Waals surface area contributed by atoms with Crippen molar-refractivity contribution in [1.82, 2.24) is 4.98 Å². The van der Waals surface area contributed by atoms with Crippen molar-refractivity contribution in [1.29, 1.82) is 0 Å². The Kier molecular flexibility index (Phi) is 26.8. The lowest BCUT2D eigenvalue weighted by Crippen LogP contribution is -2.61. The first-order valence-corrected chi connectivity index (χ1v) is 31.6. The van der Waals surface area contributed by atoms with Crippen LogP contribution in [0.5, 0.6) is 34.5 Å². The number of thiazole rings is 1. The van der Waals surface area contributed by atoms with Crippen LogP contribution in [0.15, 0.2) is 121 Å². The van der Waals surface area contributed by atoms with Crippen molar-refractivity contribution in [3.05, 3.63) is 122 Å². The minimum atomic E-state index is -7.13. The second-order valence-electron chi connectivity index (χ2n) is 22.5. The van der Waals surface area contributed by atoms with Gasteiger partial charge in [0.1, 0.15) is 41.1 Å². The predicted octanol–water partition coefficient (Wildman–Crippen LogP) is 15.0. The molecule has 0 bridgehead atoms. The van der Waals surface area contributed by atoms with E-state index in [1.54, 1.807) is 66.7 Å². The van der Waals surface area contributed by atoms with Gasteiger partial charge in [-0.2, -0.15) is 44.6 Å². The highest BCUT2D eigenvalue weighted by Crippen LogP contribution is 2.54. The monoisotopic (exact) mass is 1350 g/mol. The maximum absolute atomic E-state index is 15.1. The first-order chi connectivity index (χ1) is 44.9. The largest absolute Gasteiger partial charge is 0.494 e. The summed E-state index contributed by atoms with van der Waals surface area (Å²) in [7, 11) is 0. The molecule has 7 rings (SSSR count). The van der Waals surface area contributed by atoms with Gasteiger partial charge in [-0.1, -0.05) is 36.6 Å². The van der Waals surface area contributed by atoms with Crippen LogP contribution in [-0.2, 0) is 38.2 Å². The quantitative estimate of drug-likeness (QED) is 0.00695. The molecule has 1 heterocycles.